The highest BCUT2D eigenvalue weighted by Gasteiger charge is 2.18. The number of likely N-dealkylation sites (tertiary alicyclic amines) is 1. The maximum atomic E-state index is 12.8. The second kappa shape index (κ2) is 7.00. The molecule has 138 valence electrons. The van der Waals surface area contributed by atoms with Gasteiger partial charge in [0.15, 0.2) is 0 Å². The van der Waals surface area contributed by atoms with Crippen molar-refractivity contribution in [1.29, 1.82) is 0 Å². The third-order valence-corrected chi connectivity index (χ3v) is 5.33. The van der Waals surface area contributed by atoms with Crippen LogP contribution in [0.5, 0.6) is 0 Å². The minimum absolute atomic E-state index is 0.0885. The molecule has 0 spiro atoms. The Morgan fingerprint density at radius 3 is 2.61 bits per heavy atom. The number of pyridine rings is 1. The molecule has 5 rings (SSSR count). The summed E-state index contributed by atoms with van der Waals surface area (Å²) in [5, 5.41) is 1.07. The fourth-order valence-electron chi connectivity index (χ4n) is 3.80. The lowest BCUT2D eigenvalue weighted by Gasteiger charge is -2.26. The van der Waals surface area contributed by atoms with Crippen LogP contribution in [0, 0.1) is 0 Å². The second-order valence-corrected chi connectivity index (χ2v) is 7.22. The van der Waals surface area contributed by atoms with Crippen LogP contribution in [0.2, 0.25) is 0 Å². The van der Waals surface area contributed by atoms with Crippen LogP contribution in [0.4, 0.5) is 0 Å². The summed E-state index contributed by atoms with van der Waals surface area (Å²) in [6.07, 6.45) is 6.95. The minimum atomic E-state index is 0.0885. The molecule has 5 heteroatoms. The Kier molecular flexibility index (Phi) is 4.20. The average Bonchev–Trinajstić information content (AvgIpc) is 2.78. The molecule has 2 aromatic carbocycles. The van der Waals surface area contributed by atoms with Gasteiger partial charge in [0.25, 0.3) is 5.91 Å². The van der Waals surface area contributed by atoms with Gasteiger partial charge < -0.3 is 4.90 Å². The molecule has 1 aliphatic rings. The Hall–Kier alpha value is -3.34. The van der Waals surface area contributed by atoms with Gasteiger partial charge in [0.05, 0.1) is 28.4 Å². The summed E-state index contributed by atoms with van der Waals surface area (Å²) in [4.78, 5) is 28.5. The molecular weight excluding hydrogens is 348 g/mol. The second-order valence-electron chi connectivity index (χ2n) is 7.22. The number of carbonyl (C=O) groups is 1. The molecule has 0 unspecified atom stereocenters. The van der Waals surface area contributed by atoms with E-state index in [4.69, 9.17) is 4.98 Å². The molecule has 0 N–H and O–H groups in total. The molecule has 0 atom stereocenters. The van der Waals surface area contributed by atoms with Gasteiger partial charge in [-0.1, -0.05) is 12.1 Å². The first-order valence-corrected chi connectivity index (χ1v) is 9.69. The number of fused-ring (bicyclic) bond motifs is 2. The van der Waals surface area contributed by atoms with Crippen molar-refractivity contribution in [2.75, 3.05) is 13.1 Å². The molecule has 5 nitrogen and oxygen atoms in total. The van der Waals surface area contributed by atoms with Gasteiger partial charge in [0.2, 0.25) is 0 Å². The number of aromatic nitrogens is 3. The fraction of sp³-hybridized carbons (Fsp3) is 0.217. The number of hydrogen-bond donors (Lipinski definition) is 0. The molecule has 0 radical (unpaired) electrons. The fourth-order valence-corrected chi connectivity index (χ4v) is 3.80. The van der Waals surface area contributed by atoms with Crippen LogP contribution >= 0.6 is 0 Å². The van der Waals surface area contributed by atoms with Crippen molar-refractivity contribution in [3.8, 4) is 11.3 Å². The van der Waals surface area contributed by atoms with Crippen molar-refractivity contribution in [1.82, 2.24) is 19.9 Å². The van der Waals surface area contributed by atoms with Gasteiger partial charge in [-0.3, -0.25) is 14.8 Å². The van der Waals surface area contributed by atoms with Crippen molar-refractivity contribution in [3.05, 3.63) is 66.5 Å². The maximum absolute atomic E-state index is 12.8. The van der Waals surface area contributed by atoms with E-state index in [9.17, 15) is 4.79 Å². The number of benzene rings is 2. The zero-order chi connectivity index (χ0) is 18.9. The van der Waals surface area contributed by atoms with E-state index in [1.54, 1.807) is 12.4 Å². The highest BCUT2D eigenvalue weighted by atomic mass is 16.2. The first kappa shape index (κ1) is 16.8. The molecule has 0 bridgehead atoms. The lowest BCUT2D eigenvalue weighted by Crippen LogP contribution is -2.35. The standard InChI is InChI=1S/C23H20N4O/c28-23(27-11-2-1-3-12-27)18-7-9-20-21(14-18)26-22(15-25-20)17-6-8-19-16(13-17)5-4-10-24-19/h4-10,13-15H,1-3,11-12H2. The van der Waals surface area contributed by atoms with Crippen LogP contribution < -0.4 is 0 Å². The quantitative estimate of drug-likeness (QED) is 0.524. The van der Waals surface area contributed by atoms with Crippen LogP contribution in [-0.2, 0) is 0 Å². The molecule has 1 amide bonds. The van der Waals surface area contributed by atoms with Crippen molar-refractivity contribution in [2.24, 2.45) is 0 Å². The SMILES string of the molecule is O=C(c1ccc2ncc(-c3ccc4ncccc4c3)nc2c1)N1CCCCC1. The smallest absolute Gasteiger partial charge is 0.253 e. The van der Waals surface area contributed by atoms with Gasteiger partial charge in [-0.15, -0.1) is 0 Å². The van der Waals surface area contributed by atoms with Crippen molar-refractivity contribution >= 4 is 27.8 Å². The molecule has 1 fully saturated rings. The predicted molar refractivity (Wildman–Crippen MR) is 110 cm³/mol. The zero-order valence-corrected chi connectivity index (χ0v) is 15.5. The van der Waals surface area contributed by atoms with E-state index in [0.717, 1.165) is 59.1 Å². The largest absolute Gasteiger partial charge is 0.339 e. The Morgan fingerprint density at radius 2 is 1.71 bits per heavy atom. The molecule has 0 aliphatic carbocycles. The van der Waals surface area contributed by atoms with E-state index in [0.29, 0.717) is 5.56 Å². The minimum Gasteiger partial charge on any atom is -0.339 e. The highest BCUT2D eigenvalue weighted by molar-refractivity contribution is 5.97. The zero-order valence-electron chi connectivity index (χ0n) is 15.5. The number of amides is 1. The van der Waals surface area contributed by atoms with Crippen LogP contribution in [0.1, 0.15) is 29.6 Å². The Labute approximate surface area is 163 Å². The highest BCUT2D eigenvalue weighted by Crippen LogP contribution is 2.24. The van der Waals surface area contributed by atoms with E-state index >= 15 is 0 Å². The van der Waals surface area contributed by atoms with Gasteiger partial charge in [-0.25, -0.2) is 4.98 Å². The van der Waals surface area contributed by atoms with Crippen molar-refractivity contribution < 1.29 is 4.79 Å². The van der Waals surface area contributed by atoms with E-state index in [-0.39, 0.29) is 5.91 Å². The van der Waals surface area contributed by atoms with Crippen molar-refractivity contribution in [3.63, 3.8) is 0 Å². The third kappa shape index (κ3) is 3.09. The predicted octanol–water partition coefficient (Wildman–Crippen LogP) is 4.47. The summed E-state index contributed by atoms with van der Waals surface area (Å²) in [6, 6.07) is 15.6. The van der Waals surface area contributed by atoms with E-state index < -0.39 is 0 Å². The summed E-state index contributed by atoms with van der Waals surface area (Å²) in [5.74, 6) is 0.0885. The normalized spacial score (nSPS) is 14.5. The molecule has 4 aromatic rings. The number of rotatable bonds is 2. The summed E-state index contributed by atoms with van der Waals surface area (Å²) in [6.45, 7) is 1.68. The van der Waals surface area contributed by atoms with Crippen molar-refractivity contribution in [2.45, 2.75) is 19.3 Å². The lowest BCUT2D eigenvalue weighted by atomic mass is 10.1. The molecular formula is C23H20N4O. The van der Waals surface area contributed by atoms with E-state index in [2.05, 4.69) is 16.0 Å². The van der Waals surface area contributed by atoms with Gasteiger partial charge in [-0.2, -0.15) is 0 Å². The molecule has 2 aromatic heterocycles. The summed E-state index contributed by atoms with van der Waals surface area (Å²) in [7, 11) is 0. The van der Waals surface area contributed by atoms with Crippen LogP contribution in [0.3, 0.4) is 0 Å². The van der Waals surface area contributed by atoms with E-state index in [1.165, 1.54) is 6.42 Å². The number of hydrogen-bond acceptors (Lipinski definition) is 4. The topological polar surface area (TPSA) is 59.0 Å². The monoisotopic (exact) mass is 368 g/mol. The van der Waals surface area contributed by atoms with E-state index in [1.807, 2.05) is 47.4 Å². The van der Waals surface area contributed by atoms with Gasteiger partial charge in [0.1, 0.15) is 0 Å². The Bertz CT molecular complexity index is 1180. The number of piperidine rings is 1. The first-order chi connectivity index (χ1) is 13.8. The molecule has 1 saturated heterocycles. The summed E-state index contributed by atoms with van der Waals surface area (Å²) in [5.41, 5.74) is 4.95. The first-order valence-electron chi connectivity index (χ1n) is 9.69. The lowest BCUT2D eigenvalue weighted by molar-refractivity contribution is 0.0724. The maximum Gasteiger partial charge on any atom is 0.253 e. The third-order valence-electron chi connectivity index (χ3n) is 5.33. The molecule has 3 heterocycles. The number of nitrogens with zero attached hydrogens (tertiary/aromatic N) is 4. The number of carbonyl (C=O) groups excluding carboxylic acids is 1. The molecule has 1 aliphatic heterocycles. The summed E-state index contributed by atoms with van der Waals surface area (Å²) >= 11 is 0. The van der Waals surface area contributed by atoms with Gasteiger partial charge in [-0.05, 0) is 55.7 Å². The molecule has 0 saturated carbocycles. The van der Waals surface area contributed by atoms with Crippen LogP contribution in [-0.4, -0.2) is 38.8 Å². The van der Waals surface area contributed by atoms with Gasteiger partial charge in [0, 0.05) is 35.8 Å². The Morgan fingerprint density at radius 1 is 0.857 bits per heavy atom. The van der Waals surface area contributed by atoms with Crippen LogP contribution in [0.15, 0.2) is 60.9 Å². The van der Waals surface area contributed by atoms with Crippen LogP contribution in [0.25, 0.3) is 33.2 Å². The average molecular weight is 368 g/mol. The van der Waals surface area contributed by atoms with Gasteiger partial charge >= 0.3 is 0 Å². The molecule has 28 heavy (non-hydrogen) atoms. The Balaban J connectivity index is 1.52. The summed E-state index contributed by atoms with van der Waals surface area (Å²) < 4.78 is 0.